The van der Waals surface area contributed by atoms with Gasteiger partial charge in [0.15, 0.2) is 22.2 Å². The Morgan fingerprint density at radius 3 is 2.55 bits per heavy atom. The van der Waals surface area contributed by atoms with Gasteiger partial charge in [-0.25, -0.2) is 14.8 Å². The third-order valence-corrected chi connectivity index (χ3v) is 7.71. The molecule has 1 N–H and O–H groups in total. The molecule has 3 atom stereocenters. The fourth-order valence-corrected chi connectivity index (χ4v) is 4.97. The number of aliphatic imine (C=N–C) groups is 1. The molecular weight excluding hydrogens is 558 g/mol. The normalized spacial score (nSPS) is 18.0. The molecule has 0 bridgehead atoms. The second-order valence-electron chi connectivity index (χ2n) is 11.1. The van der Waals surface area contributed by atoms with Gasteiger partial charge in [0.1, 0.15) is 30.8 Å². The summed E-state index contributed by atoms with van der Waals surface area (Å²) in [5.74, 6) is -0.190. The maximum Gasteiger partial charge on any atom is 0.329 e. The highest BCUT2D eigenvalue weighted by molar-refractivity contribution is 8.13. The molecule has 1 aromatic rings. The molecule has 0 aliphatic carbocycles. The van der Waals surface area contributed by atoms with Crippen LogP contribution in [-0.4, -0.2) is 63.7 Å². The lowest BCUT2D eigenvalue weighted by Crippen LogP contribution is -2.53. The SMILES string of the molecule is CCCCCCCC(=O)SCC/C=C/[C@H](CC(C)=O)OC(=O)[C@@H](NC(=O)[C@]1(C)COC(c2coc(CC)n2)=N1)C(C)C. The van der Waals surface area contributed by atoms with E-state index in [9.17, 15) is 19.2 Å². The highest BCUT2D eigenvalue weighted by atomic mass is 32.2. The Morgan fingerprint density at radius 2 is 1.90 bits per heavy atom. The minimum absolute atomic E-state index is 0.0154. The maximum absolute atomic E-state index is 13.3. The number of hydrogen-bond donors (Lipinski definition) is 1. The zero-order valence-corrected chi connectivity index (χ0v) is 26.7. The lowest BCUT2D eigenvalue weighted by Gasteiger charge is -2.26. The highest BCUT2D eigenvalue weighted by Crippen LogP contribution is 2.23. The number of rotatable bonds is 19. The van der Waals surface area contributed by atoms with Crippen molar-refractivity contribution < 1.29 is 33.1 Å². The second-order valence-corrected chi connectivity index (χ2v) is 12.3. The molecule has 0 radical (unpaired) electrons. The molecule has 1 aliphatic heterocycles. The Balaban J connectivity index is 1.93. The average Bonchev–Trinajstić information content (AvgIpc) is 3.58. The molecule has 0 fully saturated rings. The predicted octanol–water partition coefficient (Wildman–Crippen LogP) is 5.37. The van der Waals surface area contributed by atoms with Crippen LogP contribution in [0.25, 0.3) is 0 Å². The number of oxazole rings is 1. The van der Waals surface area contributed by atoms with E-state index in [1.54, 1.807) is 26.8 Å². The molecule has 1 aliphatic rings. The number of unbranched alkanes of at least 4 members (excludes halogenated alkanes) is 4. The van der Waals surface area contributed by atoms with Gasteiger partial charge in [-0.2, -0.15) is 0 Å². The Kier molecular flexibility index (Phi) is 15.0. The monoisotopic (exact) mass is 605 g/mol. The van der Waals surface area contributed by atoms with Crippen LogP contribution in [0.4, 0.5) is 0 Å². The summed E-state index contributed by atoms with van der Waals surface area (Å²) >= 11 is 1.31. The van der Waals surface area contributed by atoms with Crippen LogP contribution >= 0.6 is 11.8 Å². The van der Waals surface area contributed by atoms with Gasteiger partial charge in [-0.3, -0.25) is 14.4 Å². The number of amides is 1. The van der Waals surface area contributed by atoms with Crippen molar-refractivity contribution in [2.75, 3.05) is 12.4 Å². The van der Waals surface area contributed by atoms with Gasteiger partial charge < -0.3 is 19.2 Å². The summed E-state index contributed by atoms with van der Waals surface area (Å²) in [4.78, 5) is 59.1. The van der Waals surface area contributed by atoms with E-state index in [1.165, 1.54) is 44.2 Å². The van der Waals surface area contributed by atoms with Crippen LogP contribution in [0.2, 0.25) is 0 Å². The smallest absolute Gasteiger partial charge is 0.329 e. The van der Waals surface area contributed by atoms with Gasteiger partial charge in [-0.05, 0) is 38.7 Å². The summed E-state index contributed by atoms with van der Waals surface area (Å²) in [5.41, 5.74) is -0.857. The van der Waals surface area contributed by atoms with E-state index in [4.69, 9.17) is 13.9 Å². The first kappa shape index (κ1) is 35.2. The highest BCUT2D eigenvalue weighted by Gasteiger charge is 2.42. The number of nitrogens with zero attached hydrogens (tertiary/aromatic N) is 2. The van der Waals surface area contributed by atoms with Crippen LogP contribution in [0, 0.1) is 5.92 Å². The van der Waals surface area contributed by atoms with Gasteiger partial charge in [0, 0.05) is 25.0 Å². The maximum atomic E-state index is 13.3. The van der Waals surface area contributed by atoms with E-state index in [0.717, 1.165) is 12.8 Å². The number of thioether (sulfide) groups is 1. The number of allylic oxidation sites excluding steroid dienone is 1. The van der Waals surface area contributed by atoms with Gasteiger partial charge in [-0.15, -0.1) is 0 Å². The minimum Gasteiger partial charge on any atom is -0.473 e. The standard InChI is InChI=1S/C31H47N3O7S/c1-7-9-10-11-12-16-26(36)42-17-14-13-15-23(18-22(5)35)41-29(37)27(21(3)4)33-30(38)31(6)20-40-28(34-31)24-19-39-25(8-2)32-24/h13,15,19,21,23,27H,7-12,14,16-18,20H2,1-6H3,(H,33,38)/b15-13+/t23-,27+,31+/m1/s1. The van der Waals surface area contributed by atoms with Crippen molar-refractivity contribution in [3.8, 4) is 0 Å². The van der Waals surface area contributed by atoms with E-state index in [-0.39, 0.29) is 35.7 Å². The van der Waals surface area contributed by atoms with Crippen LogP contribution < -0.4 is 5.32 Å². The fourth-order valence-electron chi connectivity index (χ4n) is 4.20. The van der Waals surface area contributed by atoms with Gasteiger partial charge >= 0.3 is 5.97 Å². The van der Waals surface area contributed by atoms with Crippen LogP contribution in [-0.2, 0) is 35.1 Å². The summed E-state index contributed by atoms with van der Waals surface area (Å²) in [7, 11) is 0. The van der Waals surface area contributed by atoms with E-state index in [0.29, 0.717) is 36.6 Å². The number of carbonyl (C=O) groups is 4. The molecule has 234 valence electrons. The van der Waals surface area contributed by atoms with Crippen molar-refractivity contribution in [1.82, 2.24) is 10.3 Å². The Morgan fingerprint density at radius 1 is 1.17 bits per heavy atom. The molecule has 2 heterocycles. The van der Waals surface area contributed by atoms with E-state index < -0.39 is 29.6 Å². The summed E-state index contributed by atoms with van der Waals surface area (Å²) in [6.45, 7) is 10.7. The zero-order valence-electron chi connectivity index (χ0n) is 25.9. The molecule has 0 unspecified atom stereocenters. The number of ether oxygens (including phenoxy) is 2. The summed E-state index contributed by atoms with van der Waals surface area (Å²) in [5, 5.41) is 2.95. The second kappa shape index (κ2) is 17.9. The van der Waals surface area contributed by atoms with Crippen LogP contribution in [0.3, 0.4) is 0 Å². The number of hydrogen-bond acceptors (Lipinski definition) is 10. The molecule has 11 heteroatoms. The number of Topliss-reactive ketones (excluding diaryl/α,β-unsaturated/α-hetero) is 1. The molecule has 0 saturated carbocycles. The molecule has 0 saturated heterocycles. The number of esters is 1. The first-order valence-corrected chi connectivity index (χ1v) is 16.0. The third kappa shape index (κ3) is 11.7. The van der Waals surface area contributed by atoms with Crippen molar-refractivity contribution in [3.05, 3.63) is 30.0 Å². The minimum atomic E-state index is -1.27. The molecular formula is C31H47N3O7S. The summed E-state index contributed by atoms with van der Waals surface area (Å²) in [6.07, 6.45) is 11.5. The van der Waals surface area contributed by atoms with E-state index in [2.05, 4.69) is 22.2 Å². The summed E-state index contributed by atoms with van der Waals surface area (Å²) in [6, 6.07) is -0.958. The lowest BCUT2D eigenvalue weighted by molar-refractivity contribution is -0.153. The molecule has 0 aromatic carbocycles. The first-order valence-electron chi connectivity index (χ1n) is 15.0. The largest absolute Gasteiger partial charge is 0.473 e. The van der Waals surface area contributed by atoms with Gasteiger partial charge in [0.05, 0.1) is 0 Å². The number of aryl methyl sites for hydroxylation is 1. The number of aromatic nitrogens is 1. The molecule has 1 amide bonds. The van der Waals surface area contributed by atoms with Crippen LogP contribution in [0.15, 0.2) is 27.8 Å². The molecule has 10 nitrogen and oxygen atoms in total. The number of ketones is 1. The van der Waals surface area contributed by atoms with Crippen LogP contribution in [0.5, 0.6) is 0 Å². The van der Waals surface area contributed by atoms with Crippen molar-refractivity contribution >= 4 is 40.4 Å². The van der Waals surface area contributed by atoms with Gasteiger partial charge in [0.2, 0.25) is 5.90 Å². The Hall–Kier alpha value is -2.95. The van der Waals surface area contributed by atoms with Gasteiger partial charge in [0.25, 0.3) is 5.91 Å². The molecule has 2 rings (SSSR count). The van der Waals surface area contributed by atoms with E-state index >= 15 is 0 Å². The van der Waals surface area contributed by atoms with E-state index in [1.807, 2.05) is 13.0 Å². The Labute approximate surface area is 253 Å². The third-order valence-electron chi connectivity index (χ3n) is 6.75. The fraction of sp³-hybridized carbons (Fsp3) is 0.677. The first-order chi connectivity index (χ1) is 20.0. The molecule has 0 spiro atoms. The van der Waals surface area contributed by atoms with Crippen molar-refractivity contribution in [2.45, 2.75) is 117 Å². The van der Waals surface area contributed by atoms with Gasteiger partial charge in [-0.1, -0.05) is 71.2 Å². The topological polar surface area (TPSA) is 137 Å². The van der Waals surface area contributed by atoms with Crippen molar-refractivity contribution in [3.63, 3.8) is 0 Å². The molecule has 42 heavy (non-hydrogen) atoms. The average molecular weight is 606 g/mol. The zero-order chi connectivity index (χ0) is 31.1. The van der Waals surface area contributed by atoms with Crippen molar-refractivity contribution in [1.29, 1.82) is 0 Å². The number of nitrogens with one attached hydrogen (secondary N) is 1. The van der Waals surface area contributed by atoms with Crippen LogP contribution in [0.1, 0.15) is 104 Å². The quantitative estimate of drug-likeness (QED) is 0.125. The Bertz CT molecular complexity index is 1110. The lowest BCUT2D eigenvalue weighted by atomic mass is 10.00. The summed E-state index contributed by atoms with van der Waals surface area (Å²) < 4.78 is 16.7. The molecule has 1 aromatic heterocycles. The predicted molar refractivity (Wildman–Crippen MR) is 163 cm³/mol. The van der Waals surface area contributed by atoms with Crippen molar-refractivity contribution in [2.24, 2.45) is 10.9 Å². The number of carbonyl (C=O) groups excluding carboxylic acids is 4.